The highest BCUT2D eigenvalue weighted by molar-refractivity contribution is 7.17. The van der Waals surface area contributed by atoms with Crippen LogP contribution in [0.4, 0.5) is 0 Å². The Morgan fingerprint density at radius 3 is 2.92 bits per heavy atom. The summed E-state index contributed by atoms with van der Waals surface area (Å²) < 4.78 is 6.05. The van der Waals surface area contributed by atoms with Gasteiger partial charge in [-0.2, -0.15) is 0 Å². The maximum absolute atomic E-state index is 9.62. The molecule has 0 saturated carbocycles. The van der Waals surface area contributed by atoms with Gasteiger partial charge in [0.25, 0.3) is 0 Å². The van der Waals surface area contributed by atoms with Crippen LogP contribution in [0.3, 0.4) is 0 Å². The lowest BCUT2D eigenvalue weighted by Gasteiger charge is -2.02. The Morgan fingerprint density at radius 1 is 1.33 bits per heavy atom. The largest absolute Gasteiger partial charge is 0.504 e. The summed E-state index contributed by atoms with van der Waals surface area (Å²) in [6.07, 6.45) is 0. The molecule has 2 aromatic rings. The molecule has 1 N–H and O–H groups in total. The monoisotopic (exact) mass is 180 g/mol. The summed E-state index contributed by atoms with van der Waals surface area (Å²) in [6, 6.07) is 5.60. The van der Waals surface area contributed by atoms with Gasteiger partial charge in [0.2, 0.25) is 0 Å². The number of ether oxygens (including phenoxy) is 1. The molecule has 0 aliphatic heterocycles. The first kappa shape index (κ1) is 7.43. The van der Waals surface area contributed by atoms with E-state index >= 15 is 0 Å². The molecule has 2 nitrogen and oxygen atoms in total. The molecule has 0 fully saturated rings. The molecule has 0 saturated heterocycles. The fourth-order valence-corrected chi connectivity index (χ4v) is 1.96. The van der Waals surface area contributed by atoms with Crippen LogP contribution in [0.15, 0.2) is 23.6 Å². The average Bonchev–Trinajstić information content (AvgIpc) is 2.53. The van der Waals surface area contributed by atoms with Gasteiger partial charge in [-0.3, -0.25) is 0 Å². The lowest BCUT2D eigenvalue weighted by molar-refractivity contribution is 0.376. The number of benzene rings is 1. The highest BCUT2D eigenvalue weighted by Crippen LogP contribution is 2.36. The first-order chi connectivity index (χ1) is 5.83. The third kappa shape index (κ3) is 0.940. The Balaban J connectivity index is 2.78. The highest BCUT2D eigenvalue weighted by atomic mass is 32.1. The zero-order chi connectivity index (χ0) is 8.55. The van der Waals surface area contributed by atoms with Crippen molar-refractivity contribution in [3.05, 3.63) is 23.6 Å². The van der Waals surface area contributed by atoms with Gasteiger partial charge in [0, 0.05) is 10.1 Å². The number of thiophene rings is 1. The number of rotatable bonds is 1. The van der Waals surface area contributed by atoms with E-state index in [9.17, 15) is 5.11 Å². The number of hydrogen-bond donors (Lipinski definition) is 1. The number of methoxy groups -OCH3 is 1. The molecule has 1 heterocycles. The molecular formula is C9H8O2S. The van der Waals surface area contributed by atoms with Crippen molar-refractivity contribution in [2.45, 2.75) is 0 Å². The van der Waals surface area contributed by atoms with Crippen LogP contribution in [0.2, 0.25) is 0 Å². The van der Waals surface area contributed by atoms with Gasteiger partial charge >= 0.3 is 0 Å². The van der Waals surface area contributed by atoms with E-state index < -0.39 is 0 Å². The molecule has 0 unspecified atom stereocenters. The second-order valence-electron chi connectivity index (χ2n) is 2.45. The van der Waals surface area contributed by atoms with E-state index in [0.717, 1.165) is 10.1 Å². The molecule has 0 bridgehead atoms. The first-order valence-corrected chi connectivity index (χ1v) is 4.44. The van der Waals surface area contributed by atoms with Crippen LogP contribution in [0.5, 0.6) is 11.5 Å². The van der Waals surface area contributed by atoms with Gasteiger partial charge in [0.1, 0.15) is 0 Å². The van der Waals surface area contributed by atoms with Crippen LogP contribution in [-0.2, 0) is 0 Å². The summed E-state index contributed by atoms with van der Waals surface area (Å²) in [6.45, 7) is 0. The summed E-state index contributed by atoms with van der Waals surface area (Å²) >= 11 is 1.61. The fourth-order valence-electron chi connectivity index (χ4n) is 1.17. The van der Waals surface area contributed by atoms with Crippen LogP contribution in [0.25, 0.3) is 10.1 Å². The number of phenolic OH excluding ortho intramolecular Hbond substituents is 1. The van der Waals surface area contributed by atoms with E-state index in [1.807, 2.05) is 17.5 Å². The van der Waals surface area contributed by atoms with Crippen LogP contribution < -0.4 is 4.74 Å². The van der Waals surface area contributed by atoms with Crippen molar-refractivity contribution < 1.29 is 9.84 Å². The molecule has 0 spiro atoms. The van der Waals surface area contributed by atoms with Crippen molar-refractivity contribution in [2.75, 3.05) is 7.11 Å². The van der Waals surface area contributed by atoms with Gasteiger partial charge in [-0.25, -0.2) is 0 Å². The van der Waals surface area contributed by atoms with E-state index in [1.54, 1.807) is 24.5 Å². The Morgan fingerprint density at radius 2 is 2.17 bits per heavy atom. The van der Waals surface area contributed by atoms with Crippen LogP contribution in [0, 0.1) is 0 Å². The highest BCUT2D eigenvalue weighted by Gasteiger charge is 2.06. The molecule has 1 aromatic carbocycles. The SMILES string of the molecule is COc1ccc2sccc2c1O. The van der Waals surface area contributed by atoms with Crippen molar-refractivity contribution in [2.24, 2.45) is 0 Å². The molecular weight excluding hydrogens is 172 g/mol. The number of phenols is 1. The number of hydrogen-bond acceptors (Lipinski definition) is 3. The van der Waals surface area contributed by atoms with E-state index in [2.05, 4.69) is 0 Å². The van der Waals surface area contributed by atoms with Crippen LogP contribution >= 0.6 is 11.3 Å². The Hall–Kier alpha value is -1.22. The predicted molar refractivity (Wildman–Crippen MR) is 50.0 cm³/mol. The summed E-state index contributed by atoms with van der Waals surface area (Å²) in [7, 11) is 1.55. The van der Waals surface area contributed by atoms with E-state index in [0.29, 0.717) is 5.75 Å². The van der Waals surface area contributed by atoms with Gasteiger partial charge in [-0.1, -0.05) is 0 Å². The minimum absolute atomic E-state index is 0.233. The molecule has 0 atom stereocenters. The maximum Gasteiger partial charge on any atom is 0.166 e. The lowest BCUT2D eigenvalue weighted by Crippen LogP contribution is -1.82. The van der Waals surface area contributed by atoms with Crippen molar-refractivity contribution >= 4 is 21.4 Å². The number of fused-ring (bicyclic) bond motifs is 1. The normalized spacial score (nSPS) is 10.4. The first-order valence-electron chi connectivity index (χ1n) is 3.56. The summed E-state index contributed by atoms with van der Waals surface area (Å²) in [5.41, 5.74) is 0. The third-order valence-corrected chi connectivity index (χ3v) is 2.67. The van der Waals surface area contributed by atoms with E-state index in [-0.39, 0.29) is 5.75 Å². The summed E-state index contributed by atoms with van der Waals surface area (Å²) in [5, 5.41) is 12.4. The fraction of sp³-hybridized carbons (Fsp3) is 0.111. The second kappa shape index (κ2) is 2.68. The maximum atomic E-state index is 9.62. The van der Waals surface area contributed by atoms with Crippen molar-refractivity contribution in [1.29, 1.82) is 0 Å². The van der Waals surface area contributed by atoms with Gasteiger partial charge < -0.3 is 9.84 Å². The minimum Gasteiger partial charge on any atom is -0.504 e. The van der Waals surface area contributed by atoms with E-state index in [1.165, 1.54) is 0 Å². The van der Waals surface area contributed by atoms with E-state index in [4.69, 9.17) is 4.74 Å². The molecule has 62 valence electrons. The Kier molecular flexibility index (Phi) is 1.66. The van der Waals surface area contributed by atoms with Crippen LogP contribution in [-0.4, -0.2) is 12.2 Å². The zero-order valence-corrected chi connectivity index (χ0v) is 7.39. The van der Waals surface area contributed by atoms with Crippen molar-refractivity contribution in [3.63, 3.8) is 0 Å². The average molecular weight is 180 g/mol. The topological polar surface area (TPSA) is 29.5 Å². The summed E-state index contributed by atoms with van der Waals surface area (Å²) in [4.78, 5) is 0. The predicted octanol–water partition coefficient (Wildman–Crippen LogP) is 2.62. The summed E-state index contributed by atoms with van der Waals surface area (Å²) in [5.74, 6) is 0.761. The van der Waals surface area contributed by atoms with Crippen LogP contribution in [0.1, 0.15) is 0 Å². The quantitative estimate of drug-likeness (QED) is 0.731. The Bertz CT molecular complexity index is 406. The second-order valence-corrected chi connectivity index (χ2v) is 3.40. The van der Waals surface area contributed by atoms with Gasteiger partial charge in [0.05, 0.1) is 7.11 Å². The van der Waals surface area contributed by atoms with Gasteiger partial charge in [0.15, 0.2) is 11.5 Å². The standard InChI is InChI=1S/C9H8O2S/c1-11-7-2-3-8-6(9(7)10)4-5-12-8/h2-5,10H,1H3. The van der Waals surface area contributed by atoms with Crippen molar-refractivity contribution in [1.82, 2.24) is 0 Å². The Labute approximate surface area is 74.0 Å². The van der Waals surface area contributed by atoms with Gasteiger partial charge in [-0.05, 0) is 23.6 Å². The molecule has 2 rings (SSSR count). The third-order valence-electron chi connectivity index (χ3n) is 1.79. The molecule has 1 aromatic heterocycles. The van der Waals surface area contributed by atoms with Crippen molar-refractivity contribution in [3.8, 4) is 11.5 Å². The zero-order valence-electron chi connectivity index (χ0n) is 6.57. The number of aromatic hydroxyl groups is 1. The molecule has 0 aliphatic rings. The molecule has 0 radical (unpaired) electrons. The molecule has 0 amide bonds. The lowest BCUT2D eigenvalue weighted by atomic mass is 10.2. The van der Waals surface area contributed by atoms with Gasteiger partial charge in [-0.15, -0.1) is 11.3 Å². The smallest absolute Gasteiger partial charge is 0.166 e. The molecule has 3 heteroatoms. The minimum atomic E-state index is 0.233. The molecule has 12 heavy (non-hydrogen) atoms. The molecule has 0 aliphatic carbocycles.